The Kier molecular flexibility index (Phi) is 2.04. The molecule has 0 aliphatic carbocycles. The molecular formula is C14H9S. The maximum atomic E-state index is 3.12. The minimum atomic E-state index is 1.28. The molecule has 1 heterocycles. The van der Waals surface area contributed by atoms with Gasteiger partial charge in [-0.3, -0.25) is 0 Å². The Labute approximate surface area is 92.8 Å². The van der Waals surface area contributed by atoms with Gasteiger partial charge in [0.05, 0.1) is 0 Å². The average Bonchev–Trinajstić information content (AvgIpc) is 2.82. The lowest BCUT2D eigenvalue weighted by atomic mass is 10.1. The molecule has 1 aromatic heterocycles. The van der Waals surface area contributed by atoms with E-state index in [0.717, 1.165) is 0 Å². The summed E-state index contributed by atoms with van der Waals surface area (Å²) in [6, 6.07) is 19.1. The van der Waals surface area contributed by atoms with E-state index in [-0.39, 0.29) is 0 Å². The quantitative estimate of drug-likeness (QED) is 0.558. The summed E-state index contributed by atoms with van der Waals surface area (Å²) < 4.78 is 0. The standard InChI is InChI=1S/C14H9S/c1-2-5-12-10-13(8-7-11(12)4-1)14-6-3-9-15-14/h1-8,10H. The molecule has 0 nitrogen and oxygen atoms in total. The van der Waals surface area contributed by atoms with Gasteiger partial charge in [-0.05, 0) is 34.5 Å². The van der Waals surface area contributed by atoms with Crippen LogP contribution in [-0.4, -0.2) is 0 Å². The van der Waals surface area contributed by atoms with Crippen molar-refractivity contribution in [2.45, 2.75) is 0 Å². The molecule has 0 aliphatic heterocycles. The van der Waals surface area contributed by atoms with Gasteiger partial charge in [-0.25, -0.2) is 0 Å². The average molecular weight is 209 g/mol. The molecule has 0 fully saturated rings. The third-order valence-electron chi connectivity index (χ3n) is 2.51. The first-order valence-corrected chi connectivity index (χ1v) is 5.70. The third-order valence-corrected chi connectivity index (χ3v) is 3.35. The molecule has 0 bridgehead atoms. The highest BCUT2D eigenvalue weighted by molar-refractivity contribution is 7.13. The number of hydrogen-bond donors (Lipinski definition) is 0. The van der Waals surface area contributed by atoms with Gasteiger partial charge < -0.3 is 0 Å². The molecule has 3 rings (SSSR count). The van der Waals surface area contributed by atoms with Crippen molar-refractivity contribution < 1.29 is 0 Å². The van der Waals surface area contributed by atoms with Gasteiger partial charge in [-0.2, -0.15) is 0 Å². The van der Waals surface area contributed by atoms with Crippen LogP contribution >= 0.6 is 11.3 Å². The second-order valence-electron chi connectivity index (χ2n) is 3.48. The normalized spacial score (nSPS) is 10.7. The smallest absolute Gasteiger partial charge is 0.0449 e. The van der Waals surface area contributed by atoms with Crippen molar-refractivity contribution in [3.63, 3.8) is 0 Å². The molecule has 0 amide bonds. The van der Waals surface area contributed by atoms with E-state index >= 15 is 0 Å². The summed E-state index contributed by atoms with van der Waals surface area (Å²) in [4.78, 5) is 1.28. The maximum absolute atomic E-state index is 3.12. The second kappa shape index (κ2) is 3.52. The molecule has 1 radical (unpaired) electrons. The van der Waals surface area contributed by atoms with Crippen LogP contribution in [0.15, 0.2) is 54.6 Å². The predicted octanol–water partition coefficient (Wildman–Crippen LogP) is 4.37. The molecule has 0 atom stereocenters. The van der Waals surface area contributed by atoms with Crippen LogP contribution in [0.25, 0.3) is 21.2 Å². The Morgan fingerprint density at radius 1 is 0.867 bits per heavy atom. The molecule has 15 heavy (non-hydrogen) atoms. The van der Waals surface area contributed by atoms with Crippen molar-refractivity contribution in [2.24, 2.45) is 0 Å². The number of fused-ring (bicyclic) bond motifs is 1. The van der Waals surface area contributed by atoms with Crippen LogP contribution in [0.4, 0.5) is 0 Å². The zero-order chi connectivity index (χ0) is 10.1. The molecule has 3 aromatic rings. The summed E-state index contributed by atoms with van der Waals surface area (Å²) >= 11 is 1.66. The van der Waals surface area contributed by atoms with Gasteiger partial charge in [0, 0.05) is 10.3 Å². The van der Waals surface area contributed by atoms with E-state index in [2.05, 4.69) is 53.9 Å². The molecule has 0 saturated carbocycles. The Balaban J connectivity index is 2.22. The van der Waals surface area contributed by atoms with Crippen LogP contribution < -0.4 is 0 Å². The van der Waals surface area contributed by atoms with Crippen LogP contribution in [0.2, 0.25) is 0 Å². The second-order valence-corrected chi connectivity index (χ2v) is 4.36. The Morgan fingerprint density at radius 2 is 1.73 bits per heavy atom. The molecule has 1 heteroatoms. The van der Waals surface area contributed by atoms with Crippen LogP contribution in [0, 0.1) is 5.38 Å². The highest BCUT2D eigenvalue weighted by atomic mass is 32.1. The monoisotopic (exact) mass is 209 g/mol. The minimum Gasteiger partial charge on any atom is -0.134 e. The lowest BCUT2D eigenvalue weighted by Gasteiger charge is -2.00. The number of hydrogen-bond acceptors (Lipinski definition) is 1. The van der Waals surface area contributed by atoms with E-state index in [1.807, 2.05) is 6.07 Å². The van der Waals surface area contributed by atoms with Gasteiger partial charge in [0.15, 0.2) is 0 Å². The van der Waals surface area contributed by atoms with E-state index in [4.69, 9.17) is 0 Å². The van der Waals surface area contributed by atoms with E-state index < -0.39 is 0 Å². The summed E-state index contributed by atoms with van der Waals surface area (Å²) in [6.07, 6.45) is 0. The summed E-state index contributed by atoms with van der Waals surface area (Å²) in [5.74, 6) is 0. The lowest BCUT2D eigenvalue weighted by Crippen LogP contribution is -1.74. The van der Waals surface area contributed by atoms with E-state index in [1.165, 1.54) is 21.2 Å². The third kappa shape index (κ3) is 1.55. The number of benzene rings is 2. The first kappa shape index (κ1) is 8.69. The summed E-state index contributed by atoms with van der Waals surface area (Å²) in [5, 5.41) is 5.71. The lowest BCUT2D eigenvalue weighted by molar-refractivity contribution is 1.73. The Morgan fingerprint density at radius 3 is 2.53 bits per heavy atom. The van der Waals surface area contributed by atoms with Crippen LogP contribution in [0.5, 0.6) is 0 Å². The first-order valence-electron chi connectivity index (χ1n) is 4.88. The van der Waals surface area contributed by atoms with Crippen molar-refractivity contribution in [2.75, 3.05) is 0 Å². The van der Waals surface area contributed by atoms with E-state index in [0.29, 0.717) is 0 Å². The van der Waals surface area contributed by atoms with Gasteiger partial charge in [-0.1, -0.05) is 36.4 Å². The number of thiophene rings is 1. The van der Waals surface area contributed by atoms with Crippen molar-refractivity contribution in [1.29, 1.82) is 0 Å². The summed E-state index contributed by atoms with van der Waals surface area (Å²) in [7, 11) is 0. The fraction of sp³-hybridized carbons (Fsp3) is 0. The number of rotatable bonds is 1. The fourth-order valence-electron chi connectivity index (χ4n) is 1.74. The van der Waals surface area contributed by atoms with Gasteiger partial charge in [-0.15, -0.1) is 11.3 Å². The molecule has 2 aromatic carbocycles. The largest absolute Gasteiger partial charge is 0.134 e. The zero-order valence-electron chi connectivity index (χ0n) is 8.10. The van der Waals surface area contributed by atoms with Gasteiger partial charge in [0.25, 0.3) is 0 Å². The molecule has 71 valence electrons. The molecule has 0 N–H and O–H groups in total. The topological polar surface area (TPSA) is 0 Å². The molecule has 0 unspecified atom stereocenters. The Hall–Kier alpha value is -1.60. The summed E-state index contributed by atoms with van der Waals surface area (Å²) in [5.41, 5.74) is 1.28. The molecule has 0 saturated heterocycles. The molecular weight excluding hydrogens is 200 g/mol. The van der Waals surface area contributed by atoms with E-state index in [9.17, 15) is 0 Å². The SMILES string of the molecule is [c]1ccc(-c2ccc3ccccc3c2)s1. The van der Waals surface area contributed by atoms with Crippen molar-refractivity contribution in [3.8, 4) is 10.4 Å². The Bertz CT molecular complexity index is 579. The maximum Gasteiger partial charge on any atom is 0.0449 e. The van der Waals surface area contributed by atoms with Gasteiger partial charge in [0.2, 0.25) is 0 Å². The van der Waals surface area contributed by atoms with Crippen LogP contribution in [-0.2, 0) is 0 Å². The zero-order valence-corrected chi connectivity index (χ0v) is 8.92. The highest BCUT2D eigenvalue weighted by Gasteiger charge is 1.99. The van der Waals surface area contributed by atoms with Gasteiger partial charge >= 0.3 is 0 Å². The fourth-order valence-corrected chi connectivity index (χ4v) is 2.38. The molecule has 0 spiro atoms. The minimum absolute atomic E-state index is 1.28. The highest BCUT2D eigenvalue weighted by Crippen LogP contribution is 2.27. The summed E-state index contributed by atoms with van der Waals surface area (Å²) in [6.45, 7) is 0. The predicted molar refractivity (Wildman–Crippen MR) is 66.1 cm³/mol. The van der Waals surface area contributed by atoms with Crippen LogP contribution in [0.3, 0.4) is 0 Å². The van der Waals surface area contributed by atoms with Crippen molar-refractivity contribution >= 4 is 22.1 Å². The molecule has 0 aliphatic rings. The van der Waals surface area contributed by atoms with Crippen LogP contribution in [0.1, 0.15) is 0 Å². The van der Waals surface area contributed by atoms with Gasteiger partial charge in [0.1, 0.15) is 0 Å². The van der Waals surface area contributed by atoms with E-state index in [1.54, 1.807) is 11.3 Å². The van der Waals surface area contributed by atoms with Crippen molar-refractivity contribution in [1.82, 2.24) is 0 Å². The first-order chi connectivity index (χ1) is 7.43. The van der Waals surface area contributed by atoms with Crippen molar-refractivity contribution in [3.05, 3.63) is 60.0 Å².